The third kappa shape index (κ3) is 2.62. The van der Waals surface area contributed by atoms with Crippen LogP contribution in [0.2, 0.25) is 5.02 Å². The molecule has 0 radical (unpaired) electrons. The summed E-state index contributed by atoms with van der Waals surface area (Å²) in [5.41, 5.74) is -0.485. The third-order valence-corrected chi connectivity index (χ3v) is 2.15. The van der Waals surface area contributed by atoms with E-state index in [4.69, 9.17) is 27.9 Å². The minimum atomic E-state index is -0.853. The summed E-state index contributed by atoms with van der Waals surface area (Å²) in [6.07, 6.45) is 0. The molecule has 1 aromatic rings. The van der Waals surface area contributed by atoms with Crippen molar-refractivity contribution in [3.05, 3.63) is 32.8 Å². The molecule has 0 atom stereocenters. The van der Waals surface area contributed by atoms with Crippen molar-refractivity contribution in [3.8, 4) is 5.75 Å². The zero-order valence-electron chi connectivity index (χ0n) is 8.20. The minimum absolute atomic E-state index is 0.0548. The third-order valence-electron chi connectivity index (χ3n) is 1.73. The predicted octanol–water partition coefficient (Wildman–Crippen LogP) is 3.03. The molecule has 0 aliphatic heterocycles. The average molecular weight is 264 g/mol. The van der Waals surface area contributed by atoms with Crippen LogP contribution in [0.5, 0.6) is 5.75 Å². The normalized spacial score (nSPS) is 9.94. The molecule has 0 bridgehead atoms. The van der Waals surface area contributed by atoms with Crippen LogP contribution in [0.3, 0.4) is 0 Å². The highest BCUT2D eigenvalue weighted by Crippen LogP contribution is 2.35. The molecule has 0 aliphatic rings. The number of carbonyl (C=O) groups is 1. The maximum atomic E-state index is 11.1. The number of ether oxygens (including phenoxy) is 1. The summed E-state index contributed by atoms with van der Waals surface area (Å²) in [7, 11) is 0. The smallest absolute Gasteiger partial charge is 0.313 e. The Bertz CT molecular complexity index is 412. The van der Waals surface area contributed by atoms with Crippen molar-refractivity contribution in [1.29, 1.82) is 0 Å². The Morgan fingerprint density at radius 2 is 2.19 bits per heavy atom. The first-order valence-corrected chi connectivity index (χ1v) is 5.03. The molecule has 0 unspecified atom stereocenters. The number of nitro benzene ring substituents is 1. The Balaban J connectivity index is 3.47. The van der Waals surface area contributed by atoms with Gasteiger partial charge >= 0.3 is 5.69 Å². The van der Waals surface area contributed by atoms with E-state index in [-0.39, 0.29) is 28.6 Å². The van der Waals surface area contributed by atoms with Gasteiger partial charge in [0.15, 0.2) is 0 Å². The van der Waals surface area contributed by atoms with E-state index in [1.807, 2.05) is 0 Å². The zero-order chi connectivity index (χ0) is 12.3. The summed E-state index contributed by atoms with van der Waals surface area (Å²) in [5, 5.41) is 9.94. The van der Waals surface area contributed by atoms with Crippen molar-refractivity contribution in [2.75, 3.05) is 6.61 Å². The fourth-order valence-electron chi connectivity index (χ4n) is 1.16. The quantitative estimate of drug-likeness (QED) is 0.476. The summed E-state index contributed by atoms with van der Waals surface area (Å²) in [4.78, 5) is 21.1. The van der Waals surface area contributed by atoms with Gasteiger partial charge in [-0.1, -0.05) is 11.6 Å². The lowest BCUT2D eigenvalue weighted by Gasteiger charge is -2.08. The van der Waals surface area contributed by atoms with Gasteiger partial charge in [0, 0.05) is 11.1 Å². The lowest BCUT2D eigenvalue weighted by molar-refractivity contribution is -0.385. The maximum Gasteiger partial charge on any atom is 0.313 e. The van der Waals surface area contributed by atoms with Gasteiger partial charge in [0.25, 0.3) is 5.24 Å². The zero-order valence-corrected chi connectivity index (χ0v) is 9.71. The summed E-state index contributed by atoms with van der Waals surface area (Å²) in [5.74, 6) is -0.156. The molecule has 1 aromatic carbocycles. The van der Waals surface area contributed by atoms with Crippen molar-refractivity contribution in [2.24, 2.45) is 0 Å². The van der Waals surface area contributed by atoms with Gasteiger partial charge in [0.1, 0.15) is 0 Å². The van der Waals surface area contributed by atoms with Crippen molar-refractivity contribution in [2.45, 2.75) is 6.92 Å². The van der Waals surface area contributed by atoms with Crippen LogP contribution in [0.15, 0.2) is 12.1 Å². The fourth-order valence-corrected chi connectivity index (χ4v) is 1.51. The SMILES string of the molecule is CCOc1c(C(=O)Cl)cc(Cl)cc1[N+](=O)[O-]. The summed E-state index contributed by atoms with van der Waals surface area (Å²) in [6, 6.07) is 2.34. The molecule has 0 heterocycles. The van der Waals surface area contributed by atoms with Gasteiger partial charge in [-0.15, -0.1) is 0 Å². The first kappa shape index (κ1) is 12.7. The van der Waals surface area contributed by atoms with E-state index in [2.05, 4.69) is 0 Å². The number of nitro groups is 1. The number of nitrogens with zero attached hydrogens (tertiary/aromatic N) is 1. The van der Waals surface area contributed by atoms with Crippen LogP contribution >= 0.6 is 23.2 Å². The molecule has 7 heteroatoms. The van der Waals surface area contributed by atoms with Gasteiger partial charge in [0.05, 0.1) is 17.1 Å². The number of rotatable bonds is 4. The molecular formula is C9H7Cl2NO4. The minimum Gasteiger partial charge on any atom is -0.487 e. The van der Waals surface area contributed by atoms with Crippen molar-refractivity contribution >= 4 is 34.1 Å². The Hall–Kier alpha value is -1.33. The monoisotopic (exact) mass is 263 g/mol. The lowest BCUT2D eigenvalue weighted by Crippen LogP contribution is -2.03. The van der Waals surface area contributed by atoms with Crippen LogP contribution in [-0.4, -0.2) is 16.8 Å². The molecular weight excluding hydrogens is 257 g/mol. The average Bonchev–Trinajstić information content (AvgIpc) is 2.19. The van der Waals surface area contributed by atoms with Gasteiger partial charge < -0.3 is 4.74 Å². The molecule has 86 valence electrons. The Morgan fingerprint density at radius 3 is 2.62 bits per heavy atom. The lowest BCUT2D eigenvalue weighted by atomic mass is 10.2. The second-order valence-electron chi connectivity index (χ2n) is 2.77. The van der Waals surface area contributed by atoms with Crippen LogP contribution in [0.4, 0.5) is 5.69 Å². The van der Waals surface area contributed by atoms with Gasteiger partial charge in [-0.05, 0) is 24.6 Å². The van der Waals surface area contributed by atoms with Crippen LogP contribution < -0.4 is 4.74 Å². The topological polar surface area (TPSA) is 69.4 Å². The van der Waals surface area contributed by atoms with Crippen molar-refractivity contribution in [1.82, 2.24) is 0 Å². The van der Waals surface area contributed by atoms with E-state index in [1.54, 1.807) is 6.92 Å². The van der Waals surface area contributed by atoms with Crippen LogP contribution in [0, 0.1) is 10.1 Å². The van der Waals surface area contributed by atoms with Gasteiger partial charge in [0.2, 0.25) is 5.75 Å². The molecule has 0 aliphatic carbocycles. The van der Waals surface area contributed by atoms with E-state index in [9.17, 15) is 14.9 Å². The Kier molecular flexibility index (Phi) is 4.09. The molecule has 1 rings (SSSR count). The second kappa shape index (κ2) is 5.14. The molecule has 0 amide bonds. The Morgan fingerprint density at radius 1 is 1.56 bits per heavy atom. The van der Waals surface area contributed by atoms with E-state index in [0.717, 1.165) is 6.07 Å². The fraction of sp³-hybridized carbons (Fsp3) is 0.222. The molecule has 16 heavy (non-hydrogen) atoms. The molecule has 0 N–H and O–H groups in total. The molecule has 0 fully saturated rings. The van der Waals surface area contributed by atoms with Gasteiger partial charge in [-0.2, -0.15) is 0 Å². The standard InChI is InChI=1S/C9H7Cl2NO4/c1-2-16-8-6(9(11)13)3-5(10)4-7(8)12(14)15/h3-4H,2H2,1H3. The van der Waals surface area contributed by atoms with Crippen LogP contribution in [0.25, 0.3) is 0 Å². The first-order chi connectivity index (χ1) is 7.47. The maximum absolute atomic E-state index is 11.1. The first-order valence-electron chi connectivity index (χ1n) is 4.28. The molecule has 5 nitrogen and oxygen atoms in total. The second-order valence-corrected chi connectivity index (χ2v) is 3.55. The summed E-state index contributed by atoms with van der Waals surface area (Å²) in [6.45, 7) is 1.82. The van der Waals surface area contributed by atoms with Crippen LogP contribution in [0.1, 0.15) is 17.3 Å². The van der Waals surface area contributed by atoms with E-state index >= 15 is 0 Å². The number of halogens is 2. The van der Waals surface area contributed by atoms with Crippen molar-refractivity contribution < 1.29 is 14.5 Å². The van der Waals surface area contributed by atoms with E-state index in [1.165, 1.54) is 6.07 Å². The molecule has 0 spiro atoms. The molecule has 0 saturated carbocycles. The number of hydrogen-bond donors (Lipinski definition) is 0. The largest absolute Gasteiger partial charge is 0.487 e. The van der Waals surface area contributed by atoms with Crippen LogP contribution in [-0.2, 0) is 0 Å². The Labute approximate surface area is 101 Å². The van der Waals surface area contributed by atoms with Crippen molar-refractivity contribution in [3.63, 3.8) is 0 Å². The highest BCUT2D eigenvalue weighted by atomic mass is 35.5. The number of carbonyl (C=O) groups excluding carboxylic acids is 1. The highest BCUT2D eigenvalue weighted by Gasteiger charge is 2.23. The van der Waals surface area contributed by atoms with Gasteiger partial charge in [-0.3, -0.25) is 14.9 Å². The van der Waals surface area contributed by atoms with Gasteiger partial charge in [-0.25, -0.2) is 0 Å². The summed E-state index contributed by atoms with van der Waals surface area (Å²) < 4.78 is 5.04. The summed E-state index contributed by atoms with van der Waals surface area (Å²) >= 11 is 10.9. The predicted molar refractivity (Wildman–Crippen MR) is 59.5 cm³/mol. The highest BCUT2D eigenvalue weighted by molar-refractivity contribution is 6.68. The van der Waals surface area contributed by atoms with E-state index < -0.39 is 10.2 Å². The number of hydrogen-bond acceptors (Lipinski definition) is 4. The molecule has 0 aromatic heterocycles. The molecule has 0 saturated heterocycles. The van der Waals surface area contributed by atoms with E-state index in [0.29, 0.717) is 0 Å². The number of benzene rings is 1.